The molecule has 1 saturated heterocycles. The van der Waals surface area contributed by atoms with Crippen LogP contribution in [0.2, 0.25) is 5.02 Å². The van der Waals surface area contributed by atoms with Crippen molar-refractivity contribution in [2.45, 2.75) is 25.6 Å². The molecule has 2 aliphatic heterocycles. The summed E-state index contributed by atoms with van der Waals surface area (Å²) in [5.74, 6) is -0.189. The third-order valence-corrected chi connectivity index (χ3v) is 5.55. The van der Waals surface area contributed by atoms with E-state index in [9.17, 15) is 9.59 Å². The van der Waals surface area contributed by atoms with Gasteiger partial charge in [0.1, 0.15) is 6.04 Å². The largest absolute Gasteiger partial charge is 0.332 e. The van der Waals surface area contributed by atoms with Gasteiger partial charge in [0.15, 0.2) is 0 Å². The van der Waals surface area contributed by atoms with Crippen LogP contribution < -0.4 is 4.90 Å². The monoisotopic (exact) mass is 392 g/mol. The Bertz CT molecular complexity index is 1080. The van der Waals surface area contributed by atoms with Crippen molar-refractivity contribution in [3.63, 3.8) is 0 Å². The number of hydrogen-bond acceptors (Lipinski definition) is 3. The number of imidazole rings is 1. The van der Waals surface area contributed by atoms with E-state index in [0.717, 1.165) is 17.0 Å². The van der Waals surface area contributed by atoms with Gasteiger partial charge in [-0.15, -0.1) is 0 Å². The number of aromatic nitrogens is 2. The van der Waals surface area contributed by atoms with E-state index in [4.69, 9.17) is 11.6 Å². The van der Waals surface area contributed by atoms with Gasteiger partial charge in [0.05, 0.1) is 29.9 Å². The van der Waals surface area contributed by atoms with Gasteiger partial charge in [-0.3, -0.25) is 4.79 Å². The van der Waals surface area contributed by atoms with Crippen molar-refractivity contribution in [3.8, 4) is 0 Å². The molecule has 0 spiro atoms. The number of rotatable bonds is 3. The summed E-state index contributed by atoms with van der Waals surface area (Å²) in [6.45, 7) is 0.987. The average molecular weight is 393 g/mol. The normalized spacial score (nSPS) is 18.4. The number of halogens is 1. The van der Waals surface area contributed by atoms with Crippen molar-refractivity contribution in [1.29, 1.82) is 0 Å². The number of fused-ring (bicyclic) bond motifs is 2. The van der Waals surface area contributed by atoms with Crippen molar-refractivity contribution < 1.29 is 9.59 Å². The van der Waals surface area contributed by atoms with E-state index in [1.165, 1.54) is 4.90 Å². The molecule has 6 nitrogen and oxygen atoms in total. The van der Waals surface area contributed by atoms with Crippen LogP contribution in [0.15, 0.2) is 60.9 Å². The van der Waals surface area contributed by atoms with Crippen LogP contribution in [0.25, 0.3) is 0 Å². The van der Waals surface area contributed by atoms with Crippen molar-refractivity contribution in [1.82, 2.24) is 14.5 Å². The van der Waals surface area contributed by atoms with Crippen LogP contribution in [-0.4, -0.2) is 32.4 Å². The zero-order valence-electron chi connectivity index (χ0n) is 15.0. The second-order valence-electron chi connectivity index (χ2n) is 7.04. The van der Waals surface area contributed by atoms with Crippen LogP contribution in [0.4, 0.5) is 10.5 Å². The highest BCUT2D eigenvalue weighted by Gasteiger charge is 2.48. The molecule has 1 aromatic heterocycles. The third kappa shape index (κ3) is 2.68. The topological polar surface area (TPSA) is 58.4 Å². The molecule has 28 heavy (non-hydrogen) atoms. The van der Waals surface area contributed by atoms with Gasteiger partial charge in [0.25, 0.3) is 5.91 Å². The average Bonchev–Trinajstić information content (AvgIpc) is 3.20. The Hall–Kier alpha value is -3.12. The SMILES string of the molecule is O=C1C2Cc3ncn(Cc4cccc(Cl)c4)c3CN2C(=O)N1c1ccccc1. The Morgan fingerprint density at radius 1 is 1.07 bits per heavy atom. The number of urea groups is 1. The van der Waals surface area contributed by atoms with E-state index >= 15 is 0 Å². The van der Waals surface area contributed by atoms with Gasteiger partial charge in [-0.2, -0.15) is 0 Å². The van der Waals surface area contributed by atoms with Gasteiger partial charge in [0, 0.05) is 18.0 Å². The zero-order chi connectivity index (χ0) is 19.3. The molecular weight excluding hydrogens is 376 g/mol. The summed E-state index contributed by atoms with van der Waals surface area (Å²) in [7, 11) is 0. The minimum Gasteiger partial charge on any atom is -0.328 e. The summed E-state index contributed by atoms with van der Waals surface area (Å²) in [5.41, 5.74) is 3.50. The molecule has 0 N–H and O–H groups in total. The van der Waals surface area contributed by atoms with Crippen LogP contribution in [0.1, 0.15) is 17.0 Å². The maximum atomic E-state index is 13.0. The smallest absolute Gasteiger partial charge is 0.328 e. The van der Waals surface area contributed by atoms with E-state index in [1.54, 1.807) is 23.4 Å². The van der Waals surface area contributed by atoms with Crippen molar-refractivity contribution in [2.75, 3.05) is 4.90 Å². The molecule has 0 saturated carbocycles. The lowest BCUT2D eigenvalue weighted by atomic mass is 10.0. The molecular formula is C21H17ClN4O2. The second-order valence-corrected chi connectivity index (χ2v) is 7.47. The zero-order valence-corrected chi connectivity index (χ0v) is 15.7. The molecule has 3 amide bonds. The van der Waals surface area contributed by atoms with Gasteiger partial charge in [-0.25, -0.2) is 14.7 Å². The first-order valence-corrected chi connectivity index (χ1v) is 9.46. The van der Waals surface area contributed by atoms with Crippen LogP contribution in [0, 0.1) is 0 Å². The quantitative estimate of drug-likeness (QED) is 0.641. The third-order valence-electron chi connectivity index (χ3n) is 5.31. The predicted molar refractivity (Wildman–Crippen MR) is 105 cm³/mol. The number of anilines is 1. The maximum absolute atomic E-state index is 13.0. The number of amides is 3. The number of benzene rings is 2. The fraction of sp³-hybridized carbons (Fsp3) is 0.190. The molecule has 0 bridgehead atoms. The first-order chi connectivity index (χ1) is 13.6. The first kappa shape index (κ1) is 17.0. The first-order valence-electron chi connectivity index (χ1n) is 9.09. The minimum atomic E-state index is -0.491. The highest BCUT2D eigenvalue weighted by atomic mass is 35.5. The molecule has 1 unspecified atom stereocenters. The minimum absolute atomic E-state index is 0.189. The molecule has 1 fully saturated rings. The molecule has 3 aromatic rings. The molecule has 0 radical (unpaired) electrons. The highest BCUT2D eigenvalue weighted by molar-refractivity contribution is 6.30. The van der Waals surface area contributed by atoms with Crippen molar-refractivity contribution in [3.05, 3.63) is 82.9 Å². The van der Waals surface area contributed by atoms with Gasteiger partial charge in [-0.1, -0.05) is 41.9 Å². The fourth-order valence-corrected chi connectivity index (χ4v) is 4.16. The Balaban J connectivity index is 1.44. The van der Waals surface area contributed by atoms with Crippen LogP contribution in [0.5, 0.6) is 0 Å². The van der Waals surface area contributed by atoms with Crippen LogP contribution in [0.3, 0.4) is 0 Å². The Morgan fingerprint density at radius 3 is 2.68 bits per heavy atom. The van der Waals surface area contributed by atoms with Crippen molar-refractivity contribution in [2.24, 2.45) is 0 Å². The molecule has 1 atom stereocenters. The number of carbonyl (C=O) groups is 2. The molecule has 3 heterocycles. The summed E-state index contributed by atoms with van der Waals surface area (Å²) in [5, 5.41) is 0.686. The summed E-state index contributed by atoms with van der Waals surface area (Å²) < 4.78 is 2.03. The summed E-state index contributed by atoms with van der Waals surface area (Å²) in [6, 6.07) is 16.0. The molecule has 2 aliphatic rings. The standard InChI is InChI=1S/C21H17ClN4O2/c22-15-6-4-5-14(9-15)11-24-13-23-17-10-18-20(27)26(16-7-2-1-3-8-16)21(28)25(18)12-19(17)24/h1-9,13,18H,10-12H2. The Labute approximate surface area is 167 Å². The van der Waals surface area contributed by atoms with Gasteiger partial charge >= 0.3 is 6.03 Å². The molecule has 7 heteroatoms. The predicted octanol–water partition coefficient (Wildman–Crippen LogP) is 3.48. The number of hydrogen-bond donors (Lipinski definition) is 0. The number of carbonyl (C=O) groups excluding carboxylic acids is 2. The molecule has 140 valence electrons. The number of imide groups is 1. The van der Waals surface area contributed by atoms with Crippen molar-refractivity contribution >= 4 is 29.2 Å². The van der Waals surface area contributed by atoms with Gasteiger partial charge in [0.2, 0.25) is 0 Å². The summed E-state index contributed by atoms with van der Waals surface area (Å²) in [6.07, 6.45) is 2.21. The lowest BCUT2D eigenvalue weighted by Crippen LogP contribution is -2.40. The van der Waals surface area contributed by atoms with Gasteiger partial charge in [-0.05, 0) is 29.8 Å². The van der Waals surface area contributed by atoms with Gasteiger partial charge < -0.3 is 9.47 Å². The molecule has 2 aromatic carbocycles. The molecule has 5 rings (SSSR count). The Morgan fingerprint density at radius 2 is 1.89 bits per heavy atom. The van der Waals surface area contributed by atoms with E-state index in [1.807, 2.05) is 47.0 Å². The van der Waals surface area contributed by atoms with E-state index < -0.39 is 6.04 Å². The highest BCUT2D eigenvalue weighted by Crippen LogP contribution is 2.32. The van der Waals surface area contributed by atoms with E-state index in [2.05, 4.69) is 4.98 Å². The maximum Gasteiger partial charge on any atom is 0.332 e. The molecule has 0 aliphatic carbocycles. The lowest BCUT2D eigenvalue weighted by molar-refractivity contribution is -0.120. The number of para-hydroxylation sites is 1. The second kappa shape index (κ2) is 6.49. The lowest BCUT2D eigenvalue weighted by Gasteiger charge is -2.27. The van der Waals surface area contributed by atoms with Crippen LogP contribution in [-0.2, 0) is 24.3 Å². The Kier molecular flexibility index (Phi) is 3.94. The van der Waals surface area contributed by atoms with E-state index in [0.29, 0.717) is 30.2 Å². The number of nitrogens with zero attached hydrogens (tertiary/aromatic N) is 4. The van der Waals surface area contributed by atoms with E-state index in [-0.39, 0.29) is 11.9 Å². The summed E-state index contributed by atoms with van der Waals surface area (Å²) >= 11 is 6.09. The van der Waals surface area contributed by atoms with Crippen LogP contribution >= 0.6 is 11.6 Å². The fourth-order valence-electron chi connectivity index (χ4n) is 3.94. The summed E-state index contributed by atoms with van der Waals surface area (Å²) in [4.78, 5) is 33.3.